The number of ether oxygens (including phenoxy) is 2. The number of hydrogen-bond donors (Lipinski definition) is 1. The summed E-state index contributed by atoms with van der Waals surface area (Å²) in [5.74, 6) is 1.81. The van der Waals surface area contributed by atoms with Crippen LogP contribution < -0.4 is 14.8 Å². The number of benzene rings is 2. The van der Waals surface area contributed by atoms with Crippen LogP contribution in [0, 0.1) is 0 Å². The minimum atomic E-state index is -0.159. The van der Waals surface area contributed by atoms with Crippen molar-refractivity contribution in [3.8, 4) is 11.5 Å². The molecule has 0 fully saturated rings. The zero-order valence-corrected chi connectivity index (χ0v) is 19.4. The van der Waals surface area contributed by atoms with E-state index in [9.17, 15) is 4.79 Å². The molecule has 1 heterocycles. The van der Waals surface area contributed by atoms with Gasteiger partial charge >= 0.3 is 0 Å². The third-order valence-electron chi connectivity index (χ3n) is 4.15. The molecule has 1 aromatic heterocycles. The van der Waals surface area contributed by atoms with Gasteiger partial charge in [-0.15, -0.1) is 10.2 Å². The van der Waals surface area contributed by atoms with E-state index in [0.717, 1.165) is 0 Å². The van der Waals surface area contributed by atoms with Crippen molar-refractivity contribution in [3.63, 3.8) is 0 Å². The molecule has 0 radical (unpaired) electrons. The maximum atomic E-state index is 12.4. The second-order valence-electron chi connectivity index (χ2n) is 6.27. The van der Waals surface area contributed by atoms with E-state index in [1.54, 1.807) is 24.3 Å². The van der Waals surface area contributed by atoms with Gasteiger partial charge in [-0.05, 0) is 44.2 Å². The molecule has 3 rings (SSSR count). The fraction of sp³-hybridized carbons (Fsp3) is 0.286. The summed E-state index contributed by atoms with van der Waals surface area (Å²) in [6.07, 6.45) is 0. The zero-order valence-electron chi connectivity index (χ0n) is 17.1. The van der Waals surface area contributed by atoms with E-state index in [-0.39, 0.29) is 18.3 Å². The van der Waals surface area contributed by atoms with E-state index in [2.05, 4.69) is 15.5 Å². The van der Waals surface area contributed by atoms with Crippen molar-refractivity contribution >= 4 is 46.6 Å². The SMILES string of the molecule is CCOc1ccccc1NC(=O)CSc1nnc(COc2ccc(Cl)cc2Cl)n1CC. The van der Waals surface area contributed by atoms with Gasteiger partial charge in [0.2, 0.25) is 5.91 Å². The van der Waals surface area contributed by atoms with Crippen LogP contribution in [0.4, 0.5) is 5.69 Å². The monoisotopic (exact) mass is 480 g/mol. The number of amides is 1. The molecule has 164 valence electrons. The number of thioether (sulfide) groups is 1. The topological polar surface area (TPSA) is 78.3 Å². The Labute approximate surface area is 195 Å². The number of carbonyl (C=O) groups is 1. The molecular formula is C21H22Cl2N4O3S. The molecule has 0 unspecified atom stereocenters. The number of aromatic nitrogens is 3. The van der Waals surface area contributed by atoms with Gasteiger partial charge in [-0.2, -0.15) is 0 Å². The van der Waals surface area contributed by atoms with Gasteiger partial charge in [0, 0.05) is 11.6 Å². The van der Waals surface area contributed by atoms with Crippen molar-refractivity contribution in [2.45, 2.75) is 32.2 Å². The Morgan fingerprint density at radius 3 is 2.65 bits per heavy atom. The van der Waals surface area contributed by atoms with Crippen LogP contribution in [0.5, 0.6) is 11.5 Å². The molecule has 0 atom stereocenters. The number of para-hydroxylation sites is 2. The predicted octanol–water partition coefficient (Wildman–Crippen LogP) is 5.31. The summed E-state index contributed by atoms with van der Waals surface area (Å²) in [5, 5.41) is 12.9. The largest absolute Gasteiger partial charge is 0.492 e. The summed E-state index contributed by atoms with van der Waals surface area (Å²) < 4.78 is 13.2. The average molecular weight is 481 g/mol. The Hall–Kier alpha value is -2.42. The van der Waals surface area contributed by atoms with Gasteiger partial charge in [-0.3, -0.25) is 4.79 Å². The van der Waals surface area contributed by atoms with E-state index in [0.29, 0.717) is 51.4 Å². The quantitative estimate of drug-likeness (QED) is 0.396. The summed E-state index contributed by atoms with van der Waals surface area (Å²) in [4.78, 5) is 12.4. The maximum Gasteiger partial charge on any atom is 0.234 e. The zero-order chi connectivity index (χ0) is 22.2. The normalized spacial score (nSPS) is 10.7. The minimum Gasteiger partial charge on any atom is -0.492 e. The summed E-state index contributed by atoms with van der Waals surface area (Å²) in [7, 11) is 0. The van der Waals surface area contributed by atoms with E-state index >= 15 is 0 Å². The van der Waals surface area contributed by atoms with Gasteiger partial charge in [-0.1, -0.05) is 47.1 Å². The highest BCUT2D eigenvalue weighted by Crippen LogP contribution is 2.28. The van der Waals surface area contributed by atoms with Crippen LogP contribution >= 0.6 is 35.0 Å². The van der Waals surface area contributed by atoms with Crippen molar-refractivity contribution in [2.24, 2.45) is 0 Å². The molecule has 0 aliphatic carbocycles. The molecule has 0 bridgehead atoms. The van der Waals surface area contributed by atoms with Crippen LogP contribution in [0.3, 0.4) is 0 Å². The number of nitrogens with zero attached hydrogens (tertiary/aromatic N) is 3. The summed E-state index contributed by atoms with van der Waals surface area (Å²) >= 11 is 13.4. The van der Waals surface area contributed by atoms with Gasteiger partial charge in [0.05, 0.1) is 23.1 Å². The fourth-order valence-electron chi connectivity index (χ4n) is 2.75. The van der Waals surface area contributed by atoms with E-state index < -0.39 is 0 Å². The van der Waals surface area contributed by atoms with Gasteiger partial charge < -0.3 is 19.4 Å². The number of anilines is 1. The Kier molecular flexibility index (Phi) is 8.45. The lowest BCUT2D eigenvalue weighted by molar-refractivity contribution is -0.113. The predicted molar refractivity (Wildman–Crippen MR) is 123 cm³/mol. The maximum absolute atomic E-state index is 12.4. The first-order chi connectivity index (χ1) is 15.0. The second-order valence-corrected chi connectivity index (χ2v) is 8.06. The molecule has 0 saturated heterocycles. The first-order valence-corrected chi connectivity index (χ1v) is 11.4. The van der Waals surface area contributed by atoms with E-state index in [1.165, 1.54) is 11.8 Å². The molecule has 0 spiro atoms. The van der Waals surface area contributed by atoms with Gasteiger partial charge in [-0.25, -0.2) is 0 Å². The van der Waals surface area contributed by atoms with Gasteiger partial charge in [0.25, 0.3) is 0 Å². The van der Waals surface area contributed by atoms with Gasteiger partial charge in [0.15, 0.2) is 11.0 Å². The van der Waals surface area contributed by atoms with Crippen LogP contribution in [0.2, 0.25) is 10.0 Å². The van der Waals surface area contributed by atoms with Crippen LogP contribution in [-0.4, -0.2) is 33.0 Å². The first kappa shape index (κ1) is 23.2. The van der Waals surface area contributed by atoms with E-state index in [4.69, 9.17) is 32.7 Å². The number of carbonyl (C=O) groups excluding carboxylic acids is 1. The number of rotatable bonds is 10. The lowest BCUT2D eigenvalue weighted by Crippen LogP contribution is -2.15. The van der Waals surface area contributed by atoms with Crippen LogP contribution in [0.1, 0.15) is 19.7 Å². The Morgan fingerprint density at radius 1 is 1.10 bits per heavy atom. The molecule has 31 heavy (non-hydrogen) atoms. The van der Waals surface area contributed by atoms with Crippen LogP contribution in [-0.2, 0) is 17.9 Å². The van der Waals surface area contributed by atoms with Gasteiger partial charge in [0.1, 0.15) is 18.1 Å². The molecular weight excluding hydrogens is 459 g/mol. The van der Waals surface area contributed by atoms with Crippen molar-refractivity contribution in [1.29, 1.82) is 0 Å². The number of hydrogen-bond acceptors (Lipinski definition) is 6. The summed E-state index contributed by atoms with van der Waals surface area (Å²) in [5.41, 5.74) is 0.640. The minimum absolute atomic E-state index is 0.159. The van der Waals surface area contributed by atoms with Crippen LogP contribution in [0.25, 0.3) is 0 Å². The first-order valence-electron chi connectivity index (χ1n) is 9.66. The molecule has 2 aromatic carbocycles. The number of nitrogens with one attached hydrogen (secondary N) is 1. The highest BCUT2D eigenvalue weighted by molar-refractivity contribution is 7.99. The Morgan fingerprint density at radius 2 is 1.90 bits per heavy atom. The van der Waals surface area contributed by atoms with Crippen molar-refractivity contribution in [2.75, 3.05) is 17.7 Å². The van der Waals surface area contributed by atoms with Crippen molar-refractivity contribution in [3.05, 3.63) is 58.3 Å². The Balaban J connectivity index is 1.60. The molecule has 1 N–H and O–H groups in total. The summed E-state index contributed by atoms with van der Waals surface area (Å²) in [6, 6.07) is 12.4. The fourth-order valence-corrected chi connectivity index (χ4v) is 4.04. The number of halogens is 2. The van der Waals surface area contributed by atoms with E-state index in [1.807, 2.05) is 36.6 Å². The molecule has 3 aromatic rings. The standard InChI is InChI=1S/C21H22Cl2N4O3S/c1-3-27-19(12-30-17-10-9-14(22)11-15(17)23)25-26-21(27)31-13-20(28)24-16-7-5-6-8-18(16)29-4-2/h5-11H,3-4,12-13H2,1-2H3,(H,24,28). The third kappa shape index (κ3) is 6.29. The molecule has 0 aliphatic heterocycles. The molecule has 10 heteroatoms. The highest BCUT2D eigenvalue weighted by atomic mass is 35.5. The van der Waals surface area contributed by atoms with Crippen molar-refractivity contribution < 1.29 is 14.3 Å². The molecule has 7 nitrogen and oxygen atoms in total. The van der Waals surface area contributed by atoms with Crippen LogP contribution in [0.15, 0.2) is 47.6 Å². The molecule has 1 amide bonds. The lowest BCUT2D eigenvalue weighted by Gasteiger charge is -2.11. The molecule has 0 aliphatic rings. The third-order valence-corrected chi connectivity index (χ3v) is 5.65. The summed E-state index contributed by atoms with van der Waals surface area (Å²) in [6.45, 7) is 5.22. The lowest BCUT2D eigenvalue weighted by atomic mass is 10.3. The highest BCUT2D eigenvalue weighted by Gasteiger charge is 2.15. The van der Waals surface area contributed by atoms with Crippen molar-refractivity contribution in [1.82, 2.24) is 14.8 Å². The Bertz CT molecular complexity index is 1050. The smallest absolute Gasteiger partial charge is 0.234 e. The molecule has 0 saturated carbocycles. The second kappa shape index (κ2) is 11.3. The average Bonchev–Trinajstić information content (AvgIpc) is 3.15.